The number of aliphatic hydroxyl groups excluding tert-OH is 1. The minimum Gasteiger partial charge on any atom is -0.433 e. The molecule has 25 heavy (non-hydrogen) atoms. The average Bonchev–Trinajstić information content (AvgIpc) is 3.05. The van der Waals surface area contributed by atoms with Crippen LogP contribution < -0.4 is 5.32 Å². The summed E-state index contributed by atoms with van der Waals surface area (Å²) < 4.78 is 5.31. The largest absolute Gasteiger partial charge is 0.433 e. The zero-order valence-electron chi connectivity index (χ0n) is 14.8. The van der Waals surface area contributed by atoms with Crippen LogP contribution in [-0.4, -0.2) is 51.7 Å². The first-order chi connectivity index (χ1) is 11.3. The molecule has 2 atom stereocenters. The molecule has 0 bridgehead atoms. The van der Waals surface area contributed by atoms with Crippen LogP contribution in [0.25, 0.3) is 0 Å². The van der Waals surface area contributed by atoms with Crippen LogP contribution >= 0.6 is 12.4 Å². The first-order valence-electron chi connectivity index (χ1n) is 8.13. The highest BCUT2D eigenvalue weighted by molar-refractivity contribution is 5.85. The number of alkyl carbamates (subject to hydrolysis) is 1. The van der Waals surface area contributed by atoms with Crippen molar-refractivity contribution in [1.82, 2.24) is 15.2 Å². The number of likely N-dealkylation sites (tertiary alicyclic amines) is 1. The first kappa shape index (κ1) is 21.2. The van der Waals surface area contributed by atoms with Crippen LogP contribution in [0.4, 0.5) is 4.79 Å². The molecule has 0 saturated carbocycles. The fourth-order valence-corrected chi connectivity index (χ4v) is 2.55. The van der Waals surface area contributed by atoms with Gasteiger partial charge in [0.2, 0.25) is 6.10 Å². The van der Waals surface area contributed by atoms with Gasteiger partial charge >= 0.3 is 6.09 Å². The fraction of sp³-hybridized carbons (Fsp3) is 0.588. The van der Waals surface area contributed by atoms with Gasteiger partial charge in [0.25, 0.3) is 5.91 Å². The van der Waals surface area contributed by atoms with Gasteiger partial charge in [-0.25, -0.2) is 4.79 Å². The molecule has 2 unspecified atom stereocenters. The maximum Gasteiger partial charge on any atom is 0.408 e. The smallest absolute Gasteiger partial charge is 0.408 e. The SMILES string of the molecule is CC(C)(C)NC(=O)OC(C(=O)N1CCCC1)C(O)c1ccncc1.Cl. The molecule has 0 radical (unpaired) electrons. The minimum absolute atomic E-state index is 0. The van der Waals surface area contributed by atoms with Crippen LogP contribution in [0.1, 0.15) is 45.3 Å². The maximum absolute atomic E-state index is 12.7. The lowest BCUT2D eigenvalue weighted by Crippen LogP contribution is -2.48. The van der Waals surface area contributed by atoms with Crippen molar-refractivity contribution in [3.05, 3.63) is 30.1 Å². The molecule has 7 nitrogen and oxygen atoms in total. The Balaban J connectivity index is 0.00000312. The number of hydrogen-bond acceptors (Lipinski definition) is 5. The second-order valence-electron chi connectivity index (χ2n) is 6.96. The van der Waals surface area contributed by atoms with E-state index < -0.39 is 23.8 Å². The van der Waals surface area contributed by atoms with E-state index >= 15 is 0 Å². The lowest BCUT2D eigenvalue weighted by atomic mass is 10.0. The van der Waals surface area contributed by atoms with Gasteiger partial charge in [0.15, 0.2) is 0 Å². The Hall–Kier alpha value is -1.86. The predicted molar refractivity (Wildman–Crippen MR) is 95.4 cm³/mol. The van der Waals surface area contributed by atoms with Crippen molar-refractivity contribution in [2.24, 2.45) is 0 Å². The highest BCUT2D eigenvalue weighted by Gasteiger charge is 2.36. The molecule has 0 spiro atoms. The number of carbonyl (C=O) groups excluding carboxylic acids is 2. The highest BCUT2D eigenvalue weighted by Crippen LogP contribution is 2.22. The Morgan fingerprint density at radius 3 is 2.32 bits per heavy atom. The molecule has 2 N–H and O–H groups in total. The lowest BCUT2D eigenvalue weighted by molar-refractivity contribution is -0.145. The number of halogens is 1. The van der Waals surface area contributed by atoms with Gasteiger partial charge in [-0.05, 0) is 51.3 Å². The van der Waals surface area contributed by atoms with Crippen molar-refractivity contribution < 1.29 is 19.4 Å². The molecule has 8 heteroatoms. The van der Waals surface area contributed by atoms with Gasteiger partial charge in [-0.2, -0.15) is 0 Å². The Kier molecular flexibility index (Phi) is 7.63. The van der Waals surface area contributed by atoms with Gasteiger partial charge in [0.1, 0.15) is 6.10 Å². The second kappa shape index (κ2) is 9.01. The predicted octanol–water partition coefficient (Wildman–Crippen LogP) is 2.05. The number of aromatic nitrogens is 1. The van der Waals surface area contributed by atoms with E-state index in [1.54, 1.807) is 17.0 Å². The summed E-state index contributed by atoms with van der Waals surface area (Å²) in [4.78, 5) is 30.3. The van der Waals surface area contributed by atoms with Crippen LogP contribution in [-0.2, 0) is 9.53 Å². The molecule has 2 heterocycles. The van der Waals surface area contributed by atoms with Crippen molar-refractivity contribution in [2.75, 3.05) is 13.1 Å². The normalized spacial score (nSPS) is 16.6. The zero-order chi connectivity index (χ0) is 17.7. The number of hydrogen-bond donors (Lipinski definition) is 2. The van der Waals surface area contributed by atoms with Crippen molar-refractivity contribution in [1.29, 1.82) is 0 Å². The summed E-state index contributed by atoms with van der Waals surface area (Å²) in [6.45, 7) is 6.66. The average molecular weight is 372 g/mol. The van der Waals surface area contributed by atoms with Crippen LogP contribution in [0.2, 0.25) is 0 Å². The first-order valence-corrected chi connectivity index (χ1v) is 8.13. The molecular weight excluding hydrogens is 346 g/mol. The monoisotopic (exact) mass is 371 g/mol. The number of aliphatic hydroxyl groups is 1. The van der Waals surface area contributed by atoms with Crippen molar-refractivity contribution in [3.63, 3.8) is 0 Å². The van der Waals surface area contributed by atoms with Crippen molar-refractivity contribution >= 4 is 24.4 Å². The molecule has 1 aromatic rings. The van der Waals surface area contributed by atoms with Crippen LogP contribution in [0, 0.1) is 0 Å². The minimum atomic E-state index is -1.28. The van der Waals surface area contributed by atoms with E-state index in [4.69, 9.17) is 4.74 Å². The molecule has 0 aromatic carbocycles. The van der Waals surface area contributed by atoms with E-state index in [0.717, 1.165) is 12.8 Å². The van der Waals surface area contributed by atoms with Gasteiger partial charge < -0.3 is 20.1 Å². The second-order valence-corrected chi connectivity index (χ2v) is 6.96. The Bertz CT molecular complexity index is 571. The summed E-state index contributed by atoms with van der Waals surface area (Å²) in [6.07, 6.45) is 1.61. The van der Waals surface area contributed by atoms with Crippen molar-refractivity contribution in [2.45, 2.75) is 51.4 Å². The lowest BCUT2D eigenvalue weighted by Gasteiger charge is -2.28. The van der Waals surface area contributed by atoms with E-state index in [9.17, 15) is 14.7 Å². The summed E-state index contributed by atoms with van der Waals surface area (Å²) in [7, 11) is 0. The Labute approximate surface area is 154 Å². The molecule has 1 fully saturated rings. The zero-order valence-corrected chi connectivity index (χ0v) is 15.6. The van der Waals surface area contributed by atoms with Crippen LogP contribution in [0.5, 0.6) is 0 Å². The van der Waals surface area contributed by atoms with Gasteiger partial charge in [-0.1, -0.05) is 0 Å². The van der Waals surface area contributed by atoms with Gasteiger partial charge in [0, 0.05) is 31.0 Å². The third-order valence-electron chi connectivity index (χ3n) is 3.71. The third-order valence-corrected chi connectivity index (χ3v) is 3.71. The number of carbonyl (C=O) groups is 2. The topological polar surface area (TPSA) is 91.8 Å². The molecule has 1 aliphatic heterocycles. The number of ether oxygens (including phenoxy) is 1. The third kappa shape index (κ3) is 6.17. The molecule has 1 aliphatic rings. The molecule has 1 saturated heterocycles. The molecule has 1 aromatic heterocycles. The maximum atomic E-state index is 12.7. The molecule has 2 rings (SSSR count). The number of pyridine rings is 1. The summed E-state index contributed by atoms with van der Waals surface area (Å²) in [5.41, 5.74) is -0.0222. The number of nitrogens with zero attached hydrogens (tertiary/aromatic N) is 2. The summed E-state index contributed by atoms with van der Waals surface area (Å²) >= 11 is 0. The molecule has 2 amide bonds. The quantitative estimate of drug-likeness (QED) is 0.845. The summed E-state index contributed by atoms with van der Waals surface area (Å²) in [6, 6.07) is 3.19. The summed E-state index contributed by atoms with van der Waals surface area (Å²) in [5.74, 6) is -0.374. The summed E-state index contributed by atoms with van der Waals surface area (Å²) in [5, 5.41) is 13.2. The van der Waals surface area contributed by atoms with E-state index in [1.165, 1.54) is 12.4 Å². The Morgan fingerprint density at radius 2 is 1.80 bits per heavy atom. The van der Waals surface area contributed by atoms with E-state index in [2.05, 4.69) is 10.3 Å². The molecular formula is C17H26ClN3O4. The highest BCUT2D eigenvalue weighted by atomic mass is 35.5. The van der Waals surface area contributed by atoms with E-state index in [1.807, 2.05) is 20.8 Å². The van der Waals surface area contributed by atoms with E-state index in [-0.39, 0.29) is 18.3 Å². The van der Waals surface area contributed by atoms with Gasteiger partial charge in [-0.15, -0.1) is 12.4 Å². The standard InChI is InChI=1S/C17H25N3O4.ClH/c1-17(2,3)19-16(23)24-14(15(22)20-10-4-5-11-20)13(21)12-6-8-18-9-7-12;/h6-9,13-14,21H,4-5,10-11H2,1-3H3,(H,19,23);1H. The number of rotatable bonds is 4. The van der Waals surface area contributed by atoms with Crippen LogP contribution in [0.15, 0.2) is 24.5 Å². The molecule has 0 aliphatic carbocycles. The number of nitrogens with one attached hydrogen (secondary N) is 1. The van der Waals surface area contributed by atoms with Crippen LogP contribution in [0.3, 0.4) is 0 Å². The number of amides is 2. The van der Waals surface area contributed by atoms with E-state index in [0.29, 0.717) is 18.7 Å². The van der Waals surface area contributed by atoms with Gasteiger partial charge in [-0.3, -0.25) is 9.78 Å². The Morgan fingerprint density at radius 1 is 1.24 bits per heavy atom. The molecule has 140 valence electrons. The van der Waals surface area contributed by atoms with Crippen molar-refractivity contribution in [3.8, 4) is 0 Å². The fourth-order valence-electron chi connectivity index (χ4n) is 2.55. The van der Waals surface area contributed by atoms with Gasteiger partial charge in [0.05, 0.1) is 0 Å².